The number of halogens is 1. The molecule has 0 radical (unpaired) electrons. The molecule has 1 aliphatic rings. The van der Waals surface area contributed by atoms with E-state index in [0.717, 1.165) is 6.54 Å². The number of nitrogens with one attached hydrogen (secondary N) is 1. The first-order chi connectivity index (χ1) is 9.63. The van der Waals surface area contributed by atoms with Gasteiger partial charge in [0.15, 0.2) is 0 Å². The van der Waals surface area contributed by atoms with Crippen molar-refractivity contribution in [2.45, 2.75) is 58.5 Å². The SMILES string of the molecule is CCCNC(C)c1ccc(N2CCCCC2C)c(Br)c1. The van der Waals surface area contributed by atoms with Crippen LogP contribution in [0.25, 0.3) is 0 Å². The third-order valence-corrected chi connectivity index (χ3v) is 4.92. The van der Waals surface area contributed by atoms with Gasteiger partial charge in [-0.2, -0.15) is 0 Å². The van der Waals surface area contributed by atoms with Gasteiger partial charge in [-0.3, -0.25) is 0 Å². The Morgan fingerprint density at radius 2 is 2.20 bits per heavy atom. The van der Waals surface area contributed by atoms with Crippen LogP contribution in [0.1, 0.15) is 58.1 Å². The number of benzene rings is 1. The van der Waals surface area contributed by atoms with E-state index in [2.05, 4.69) is 65.1 Å². The van der Waals surface area contributed by atoms with Gasteiger partial charge in [0.05, 0.1) is 5.69 Å². The van der Waals surface area contributed by atoms with Crippen molar-refractivity contribution < 1.29 is 0 Å². The largest absolute Gasteiger partial charge is 0.368 e. The summed E-state index contributed by atoms with van der Waals surface area (Å²) in [5, 5.41) is 3.55. The number of rotatable bonds is 5. The molecule has 2 rings (SSSR count). The van der Waals surface area contributed by atoms with E-state index >= 15 is 0 Å². The van der Waals surface area contributed by atoms with E-state index in [1.165, 1.54) is 48.0 Å². The Morgan fingerprint density at radius 1 is 1.40 bits per heavy atom. The van der Waals surface area contributed by atoms with Crippen molar-refractivity contribution in [1.82, 2.24) is 5.32 Å². The van der Waals surface area contributed by atoms with Crippen LogP contribution in [0.5, 0.6) is 0 Å². The van der Waals surface area contributed by atoms with Crippen LogP contribution >= 0.6 is 15.9 Å². The quantitative estimate of drug-likeness (QED) is 0.822. The van der Waals surface area contributed by atoms with Crippen molar-refractivity contribution in [2.75, 3.05) is 18.0 Å². The smallest absolute Gasteiger partial charge is 0.0513 e. The molecular formula is C17H27BrN2. The minimum Gasteiger partial charge on any atom is -0.368 e. The highest BCUT2D eigenvalue weighted by Gasteiger charge is 2.20. The molecule has 0 saturated carbocycles. The van der Waals surface area contributed by atoms with Crippen LogP contribution in [0.4, 0.5) is 5.69 Å². The van der Waals surface area contributed by atoms with Crippen molar-refractivity contribution in [2.24, 2.45) is 0 Å². The summed E-state index contributed by atoms with van der Waals surface area (Å²) in [6.45, 7) is 9.04. The highest BCUT2D eigenvalue weighted by molar-refractivity contribution is 9.10. The monoisotopic (exact) mass is 338 g/mol. The minimum atomic E-state index is 0.416. The second-order valence-electron chi connectivity index (χ2n) is 5.92. The molecule has 1 heterocycles. The summed E-state index contributed by atoms with van der Waals surface area (Å²) < 4.78 is 1.23. The first-order valence-electron chi connectivity index (χ1n) is 7.93. The average molecular weight is 339 g/mol. The molecule has 0 aromatic heterocycles. The van der Waals surface area contributed by atoms with Crippen molar-refractivity contribution in [1.29, 1.82) is 0 Å². The third-order valence-electron chi connectivity index (χ3n) is 4.28. The van der Waals surface area contributed by atoms with Crippen molar-refractivity contribution in [3.8, 4) is 0 Å². The first-order valence-corrected chi connectivity index (χ1v) is 8.72. The van der Waals surface area contributed by atoms with Crippen LogP contribution in [0.15, 0.2) is 22.7 Å². The van der Waals surface area contributed by atoms with Crippen molar-refractivity contribution >= 4 is 21.6 Å². The standard InChI is InChI=1S/C17H27BrN2/c1-4-10-19-14(3)15-8-9-17(16(18)12-15)20-11-6-5-7-13(20)2/h8-9,12-14,19H,4-7,10-11H2,1-3H3. The molecule has 1 fully saturated rings. The molecule has 0 bridgehead atoms. The fourth-order valence-electron chi connectivity index (χ4n) is 2.96. The maximum Gasteiger partial charge on any atom is 0.0513 e. The Balaban J connectivity index is 2.12. The third kappa shape index (κ3) is 3.76. The van der Waals surface area contributed by atoms with Crippen LogP contribution in [-0.2, 0) is 0 Å². The van der Waals surface area contributed by atoms with Gasteiger partial charge in [0, 0.05) is 23.1 Å². The summed E-state index contributed by atoms with van der Waals surface area (Å²) >= 11 is 3.78. The van der Waals surface area contributed by atoms with Gasteiger partial charge in [0.1, 0.15) is 0 Å². The summed E-state index contributed by atoms with van der Waals surface area (Å²) in [7, 11) is 0. The number of nitrogens with zero attached hydrogens (tertiary/aromatic N) is 1. The van der Waals surface area contributed by atoms with Crippen molar-refractivity contribution in [3.63, 3.8) is 0 Å². The van der Waals surface area contributed by atoms with Gasteiger partial charge < -0.3 is 10.2 Å². The Bertz CT molecular complexity index is 433. The van der Waals surface area contributed by atoms with Crippen LogP contribution in [-0.4, -0.2) is 19.1 Å². The molecule has 1 aliphatic heterocycles. The molecule has 1 aromatic rings. The van der Waals surface area contributed by atoms with E-state index in [4.69, 9.17) is 0 Å². The van der Waals surface area contributed by atoms with Gasteiger partial charge in [-0.25, -0.2) is 0 Å². The Morgan fingerprint density at radius 3 is 2.85 bits per heavy atom. The second kappa shape index (κ2) is 7.46. The molecule has 0 aliphatic carbocycles. The van der Waals surface area contributed by atoms with Gasteiger partial charge in [0.2, 0.25) is 0 Å². The van der Waals surface area contributed by atoms with E-state index in [9.17, 15) is 0 Å². The molecule has 1 N–H and O–H groups in total. The zero-order valence-corrected chi connectivity index (χ0v) is 14.5. The summed E-state index contributed by atoms with van der Waals surface area (Å²) in [4.78, 5) is 2.54. The van der Waals surface area contributed by atoms with Crippen molar-refractivity contribution in [3.05, 3.63) is 28.2 Å². The Kier molecular flexibility index (Phi) is 5.91. The Labute approximate surface area is 132 Å². The topological polar surface area (TPSA) is 15.3 Å². The second-order valence-corrected chi connectivity index (χ2v) is 6.78. The molecule has 0 spiro atoms. The van der Waals surface area contributed by atoms with E-state index in [1.54, 1.807) is 0 Å². The summed E-state index contributed by atoms with van der Waals surface area (Å²) in [6, 6.07) is 7.91. The fraction of sp³-hybridized carbons (Fsp3) is 0.647. The van der Waals surface area contributed by atoms with E-state index < -0.39 is 0 Å². The lowest BCUT2D eigenvalue weighted by atomic mass is 10.0. The van der Waals surface area contributed by atoms with Gasteiger partial charge in [0.25, 0.3) is 0 Å². The van der Waals surface area contributed by atoms with E-state index in [0.29, 0.717) is 12.1 Å². The molecule has 2 unspecified atom stereocenters. The molecule has 2 atom stereocenters. The van der Waals surface area contributed by atoms with Gasteiger partial charge >= 0.3 is 0 Å². The summed E-state index contributed by atoms with van der Waals surface area (Å²) in [6.07, 6.45) is 5.16. The predicted octanol–water partition coefficient (Wildman–Crippen LogP) is 4.89. The highest BCUT2D eigenvalue weighted by atomic mass is 79.9. The maximum absolute atomic E-state index is 3.78. The zero-order valence-electron chi connectivity index (χ0n) is 13.0. The highest BCUT2D eigenvalue weighted by Crippen LogP contribution is 2.33. The predicted molar refractivity (Wildman–Crippen MR) is 91.5 cm³/mol. The van der Waals surface area contributed by atoms with Gasteiger partial charge in [-0.1, -0.05) is 13.0 Å². The van der Waals surface area contributed by atoms with Gasteiger partial charge in [-0.05, 0) is 79.7 Å². The summed E-state index contributed by atoms with van der Waals surface area (Å²) in [5.74, 6) is 0. The molecule has 3 heteroatoms. The van der Waals surface area contributed by atoms with E-state index in [-0.39, 0.29) is 0 Å². The number of piperidine rings is 1. The van der Waals surface area contributed by atoms with Crippen LogP contribution in [0.3, 0.4) is 0 Å². The Hall–Kier alpha value is -0.540. The normalized spacial score (nSPS) is 21.0. The summed E-state index contributed by atoms with van der Waals surface area (Å²) in [5.41, 5.74) is 2.71. The molecule has 1 saturated heterocycles. The lowest BCUT2D eigenvalue weighted by Gasteiger charge is -2.36. The minimum absolute atomic E-state index is 0.416. The maximum atomic E-state index is 3.78. The van der Waals surface area contributed by atoms with E-state index in [1.807, 2.05) is 0 Å². The fourth-order valence-corrected chi connectivity index (χ4v) is 3.58. The zero-order chi connectivity index (χ0) is 14.5. The molecule has 20 heavy (non-hydrogen) atoms. The molecule has 112 valence electrons. The number of hydrogen-bond acceptors (Lipinski definition) is 2. The van der Waals surface area contributed by atoms with Crippen LogP contribution in [0.2, 0.25) is 0 Å². The van der Waals surface area contributed by atoms with Crippen LogP contribution in [0, 0.1) is 0 Å². The lowest BCUT2D eigenvalue weighted by Crippen LogP contribution is -2.37. The molecule has 1 aromatic carbocycles. The molecular weight excluding hydrogens is 312 g/mol. The molecule has 0 amide bonds. The first kappa shape index (κ1) is 15.8. The van der Waals surface area contributed by atoms with Crippen LogP contribution < -0.4 is 10.2 Å². The van der Waals surface area contributed by atoms with Gasteiger partial charge in [-0.15, -0.1) is 0 Å². The molecule has 2 nitrogen and oxygen atoms in total. The number of hydrogen-bond donors (Lipinski definition) is 1. The average Bonchev–Trinajstić information content (AvgIpc) is 2.45. The number of anilines is 1. The lowest BCUT2D eigenvalue weighted by molar-refractivity contribution is 0.484.